The van der Waals surface area contributed by atoms with Gasteiger partial charge in [0, 0.05) is 38.9 Å². The van der Waals surface area contributed by atoms with Gasteiger partial charge in [-0.15, -0.1) is 0 Å². The molecule has 11 rings (SSSR count). The largest absolute Gasteiger partial charge is 0.311 e. The van der Waals surface area contributed by atoms with E-state index in [1.165, 1.54) is 88.7 Å². The first-order valence-electron chi connectivity index (χ1n) is 24.8. The summed E-state index contributed by atoms with van der Waals surface area (Å²) in [5.41, 5.74) is 21.4. The fourth-order valence-electron chi connectivity index (χ4n) is 11.2. The summed E-state index contributed by atoms with van der Waals surface area (Å²) >= 11 is 0. The van der Waals surface area contributed by atoms with E-state index in [4.69, 9.17) is 0 Å². The van der Waals surface area contributed by atoms with Gasteiger partial charge in [0.15, 0.2) is 0 Å². The fraction of sp³-hybridized carbons (Fsp3) is 0.194. The van der Waals surface area contributed by atoms with Gasteiger partial charge >= 0.3 is 0 Å². The molecule has 0 saturated heterocycles. The Balaban J connectivity index is 1.01. The quantitative estimate of drug-likeness (QED) is 0.140. The average Bonchev–Trinajstić information content (AvgIpc) is 3.80. The minimum absolute atomic E-state index is 0.0973. The van der Waals surface area contributed by atoms with Crippen LogP contribution in [0.2, 0.25) is 0 Å². The smallest absolute Gasteiger partial charge is 0.0541 e. The lowest BCUT2D eigenvalue weighted by Gasteiger charge is -2.36. The molecule has 0 aliphatic heterocycles. The first kappa shape index (κ1) is 44.1. The summed E-state index contributed by atoms with van der Waals surface area (Å²) in [6.45, 7) is 19.0. The molecule has 1 aliphatic rings. The van der Waals surface area contributed by atoms with Gasteiger partial charge in [0.25, 0.3) is 0 Å². The Labute approximate surface area is 409 Å². The summed E-state index contributed by atoms with van der Waals surface area (Å²) in [6.07, 6.45) is 1.15. The van der Waals surface area contributed by atoms with Crippen LogP contribution in [0.25, 0.3) is 72.0 Å². The Morgan fingerprint density at radius 2 is 0.870 bits per heavy atom. The van der Waals surface area contributed by atoms with E-state index < -0.39 is 0 Å². The van der Waals surface area contributed by atoms with E-state index in [1.54, 1.807) is 0 Å². The van der Waals surface area contributed by atoms with E-state index in [0.717, 1.165) is 23.5 Å². The third kappa shape index (κ3) is 8.16. The summed E-state index contributed by atoms with van der Waals surface area (Å²) in [4.78, 5) is 2.34. The van der Waals surface area contributed by atoms with Crippen molar-refractivity contribution in [3.8, 4) is 50.2 Å². The van der Waals surface area contributed by atoms with Gasteiger partial charge in [-0.1, -0.05) is 195 Å². The van der Waals surface area contributed by atoms with Gasteiger partial charge in [0.2, 0.25) is 0 Å². The fourth-order valence-corrected chi connectivity index (χ4v) is 11.2. The minimum Gasteiger partial charge on any atom is -0.311 e. The van der Waals surface area contributed by atoms with E-state index in [9.17, 15) is 0 Å². The molecule has 0 fully saturated rings. The summed E-state index contributed by atoms with van der Waals surface area (Å²) in [5, 5.41) is 2.50. The van der Waals surface area contributed by atoms with Crippen LogP contribution < -0.4 is 4.90 Å². The molecule has 0 radical (unpaired) electrons. The van der Waals surface area contributed by atoms with Crippen LogP contribution in [0.15, 0.2) is 212 Å². The van der Waals surface area contributed by atoms with Crippen molar-refractivity contribution in [1.29, 1.82) is 0 Å². The highest BCUT2D eigenvalue weighted by Gasteiger charge is 2.36. The summed E-state index contributed by atoms with van der Waals surface area (Å²) in [7, 11) is 0. The molecule has 0 amide bonds. The van der Waals surface area contributed by atoms with Crippen molar-refractivity contribution in [2.24, 2.45) is 10.8 Å². The zero-order valence-electron chi connectivity index (χ0n) is 41.4. The molecule has 1 aliphatic carbocycles. The van der Waals surface area contributed by atoms with Gasteiger partial charge < -0.3 is 9.47 Å². The first-order chi connectivity index (χ1) is 33.2. The molecule has 10 aromatic rings. The Bertz CT molecular complexity index is 3470. The first-order valence-corrected chi connectivity index (χ1v) is 24.8. The molecule has 1 aromatic heterocycles. The van der Waals surface area contributed by atoms with Gasteiger partial charge in [-0.05, 0) is 157 Å². The molecule has 340 valence electrons. The maximum Gasteiger partial charge on any atom is 0.0541 e. The maximum atomic E-state index is 2.49. The highest BCUT2D eigenvalue weighted by Crippen LogP contribution is 2.50. The molecule has 69 heavy (non-hydrogen) atoms. The number of hydrogen-bond acceptors (Lipinski definition) is 1. The lowest BCUT2D eigenvalue weighted by atomic mass is 9.69. The van der Waals surface area contributed by atoms with E-state index in [0.29, 0.717) is 5.92 Å². The Morgan fingerprint density at radius 3 is 1.42 bits per heavy atom. The normalized spacial score (nSPS) is 13.6. The van der Waals surface area contributed by atoms with E-state index in [1.807, 2.05) is 0 Å². The standard InChI is InChI=1S/C67H62N2/c1-65(2,3)44-62(66(4,5)6)49-25-23-47(24-26-49)50-31-39-63-58(41-50)59-42-51(32-40-64(59)69(63)55-37-38-57-56-21-15-16-22-60(56)67(7,8)61(57)43-55)48-29-35-54(36-30-48)68(52-19-13-10-14-20-52)53-33-27-46(28-34-53)45-17-11-9-12-18-45/h9-43,62H,44H2,1-8H3. The molecule has 1 heterocycles. The lowest BCUT2D eigenvalue weighted by Crippen LogP contribution is -2.23. The number of para-hydroxylation sites is 1. The molecular formula is C67H62N2. The van der Waals surface area contributed by atoms with Crippen LogP contribution in [0.1, 0.15) is 84.4 Å². The predicted octanol–water partition coefficient (Wildman–Crippen LogP) is 19.1. The van der Waals surface area contributed by atoms with E-state index in [2.05, 4.69) is 277 Å². The van der Waals surface area contributed by atoms with Gasteiger partial charge in [-0.25, -0.2) is 0 Å². The number of nitrogens with zero attached hydrogens (tertiary/aromatic N) is 2. The SMILES string of the molecule is CC(C)(C)CC(c1ccc(-c2ccc3c(c2)c2cc(-c4ccc(N(c5ccccc5)c5ccc(-c6ccccc6)cc5)cc4)ccc2n3-c2ccc3c(c2)C(C)(C)c2ccccc2-3)cc1)C(C)(C)C. The summed E-state index contributed by atoms with van der Waals surface area (Å²) in [5.74, 6) is 0.470. The van der Waals surface area contributed by atoms with Crippen molar-refractivity contribution in [2.75, 3.05) is 4.90 Å². The predicted molar refractivity (Wildman–Crippen MR) is 296 cm³/mol. The molecule has 2 nitrogen and oxygen atoms in total. The number of rotatable bonds is 9. The Hall–Kier alpha value is -7.42. The monoisotopic (exact) mass is 894 g/mol. The third-order valence-electron chi connectivity index (χ3n) is 14.8. The molecule has 0 saturated carbocycles. The molecule has 0 spiro atoms. The van der Waals surface area contributed by atoms with Crippen molar-refractivity contribution in [1.82, 2.24) is 4.57 Å². The van der Waals surface area contributed by atoms with Gasteiger partial charge in [0.1, 0.15) is 0 Å². The zero-order chi connectivity index (χ0) is 47.7. The van der Waals surface area contributed by atoms with E-state index >= 15 is 0 Å². The van der Waals surface area contributed by atoms with Gasteiger partial charge in [-0.3, -0.25) is 0 Å². The molecule has 0 bridgehead atoms. The highest BCUT2D eigenvalue weighted by atomic mass is 15.1. The molecular weight excluding hydrogens is 833 g/mol. The second-order valence-electron chi connectivity index (χ2n) is 22.1. The highest BCUT2D eigenvalue weighted by molar-refractivity contribution is 6.12. The van der Waals surface area contributed by atoms with E-state index in [-0.39, 0.29) is 16.2 Å². The van der Waals surface area contributed by atoms with Crippen molar-refractivity contribution in [2.45, 2.75) is 73.1 Å². The van der Waals surface area contributed by atoms with Crippen LogP contribution in [-0.4, -0.2) is 4.57 Å². The molecule has 2 heteroatoms. The van der Waals surface area contributed by atoms with Crippen LogP contribution in [0.5, 0.6) is 0 Å². The van der Waals surface area contributed by atoms with Crippen molar-refractivity contribution in [3.05, 3.63) is 229 Å². The van der Waals surface area contributed by atoms with Crippen LogP contribution in [0.3, 0.4) is 0 Å². The molecule has 1 atom stereocenters. The number of aromatic nitrogens is 1. The molecule has 1 unspecified atom stereocenters. The zero-order valence-corrected chi connectivity index (χ0v) is 41.4. The minimum atomic E-state index is -0.0973. The van der Waals surface area contributed by atoms with Crippen LogP contribution >= 0.6 is 0 Å². The number of hydrogen-bond donors (Lipinski definition) is 0. The van der Waals surface area contributed by atoms with Crippen LogP contribution in [0, 0.1) is 10.8 Å². The third-order valence-corrected chi connectivity index (χ3v) is 14.8. The summed E-state index contributed by atoms with van der Waals surface area (Å²) in [6, 6.07) is 78.9. The Kier molecular flexibility index (Phi) is 10.8. The number of benzene rings is 9. The average molecular weight is 895 g/mol. The van der Waals surface area contributed by atoms with Crippen molar-refractivity contribution in [3.63, 3.8) is 0 Å². The maximum absolute atomic E-state index is 2.49. The Morgan fingerprint density at radius 1 is 0.420 bits per heavy atom. The second kappa shape index (κ2) is 17.0. The molecule has 0 N–H and O–H groups in total. The van der Waals surface area contributed by atoms with Crippen LogP contribution in [0.4, 0.5) is 17.1 Å². The molecule has 9 aromatic carbocycles. The summed E-state index contributed by atoms with van der Waals surface area (Å²) < 4.78 is 2.49. The second-order valence-corrected chi connectivity index (χ2v) is 22.1. The van der Waals surface area contributed by atoms with Crippen molar-refractivity contribution < 1.29 is 0 Å². The number of anilines is 3. The van der Waals surface area contributed by atoms with Gasteiger partial charge in [0.05, 0.1) is 11.0 Å². The topological polar surface area (TPSA) is 8.17 Å². The number of fused-ring (bicyclic) bond motifs is 6. The lowest BCUT2D eigenvalue weighted by molar-refractivity contribution is 0.229. The van der Waals surface area contributed by atoms with Crippen molar-refractivity contribution >= 4 is 38.9 Å². The van der Waals surface area contributed by atoms with Gasteiger partial charge in [-0.2, -0.15) is 0 Å². The van der Waals surface area contributed by atoms with Crippen LogP contribution in [-0.2, 0) is 5.41 Å².